The molecule has 3 heterocycles. The molecule has 0 saturated heterocycles. The van der Waals surface area contributed by atoms with E-state index in [1.54, 1.807) is 30.6 Å². The van der Waals surface area contributed by atoms with Crippen LogP contribution in [0.25, 0.3) is 22.0 Å². The van der Waals surface area contributed by atoms with Crippen LogP contribution in [0.4, 0.5) is 5.13 Å². The number of hydrogen-bond acceptors (Lipinski definition) is 5. The molecule has 0 aliphatic rings. The predicted octanol–water partition coefficient (Wildman–Crippen LogP) is 3.86. The minimum atomic E-state index is -0.287. The van der Waals surface area contributed by atoms with Crippen molar-refractivity contribution < 1.29 is 4.79 Å². The summed E-state index contributed by atoms with van der Waals surface area (Å²) >= 11 is 1.40. The second kappa shape index (κ2) is 6.89. The fraction of sp³-hybridized carbons (Fsp3) is 0.0526. The van der Waals surface area contributed by atoms with E-state index in [4.69, 9.17) is 0 Å². The Labute approximate surface area is 154 Å². The third-order valence-electron chi connectivity index (χ3n) is 3.82. The first-order valence-corrected chi connectivity index (χ1v) is 8.80. The van der Waals surface area contributed by atoms with Crippen LogP contribution < -0.4 is 5.32 Å². The fourth-order valence-corrected chi connectivity index (χ4v) is 3.58. The van der Waals surface area contributed by atoms with Gasteiger partial charge in [0, 0.05) is 31.2 Å². The highest BCUT2D eigenvalue weighted by Gasteiger charge is 2.19. The maximum absolute atomic E-state index is 12.4. The highest BCUT2D eigenvalue weighted by molar-refractivity contribution is 7.19. The van der Waals surface area contributed by atoms with E-state index in [9.17, 15) is 4.79 Å². The van der Waals surface area contributed by atoms with Crippen molar-refractivity contribution in [3.8, 4) is 22.0 Å². The highest BCUT2D eigenvalue weighted by Crippen LogP contribution is 2.38. The average molecular weight is 361 g/mol. The number of carbonyl (C=O) groups excluding carboxylic acids is 1. The van der Waals surface area contributed by atoms with Crippen molar-refractivity contribution in [2.45, 2.75) is 0 Å². The van der Waals surface area contributed by atoms with Crippen LogP contribution in [0.2, 0.25) is 0 Å². The Kier molecular flexibility index (Phi) is 4.28. The largest absolute Gasteiger partial charge is 0.333 e. The lowest BCUT2D eigenvalue weighted by molar-refractivity contribution is 0.102. The standard InChI is InChI=1S/C19H15N5OS/c1-24-12-11-21-17(24)16-15(13-7-3-2-4-8-13)22-19(26-16)23-18(25)14-9-5-6-10-20-14/h2-12H,1H3,(H,22,23,25). The monoisotopic (exact) mass is 361 g/mol. The number of nitrogens with zero attached hydrogens (tertiary/aromatic N) is 4. The molecule has 0 unspecified atom stereocenters. The molecule has 0 spiro atoms. The van der Waals surface area contributed by atoms with Crippen LogP contribution in [0.5, 0.6) is 0 Å². The van der Waals surface area contributed by atoms with Crippen molar-refractivity contribution in [3.05, 3.63) is 72.8 Å². The van der Waals surface area contributed by atoms with Gasteiger partial charge in [-0.3, -0.25) is 15.1 Å². The molecule has 6 nitrogen and oxygen atoms in total. The summed E-state index contributed by atoms with van der Waals surface area (Å²) in [7, 11) is 1.93. The predicted molar refractivity (Wildman–Crippen MR) is 102 cm³/mol. The Morgan fingerprint density at radius 1 is 1.04 bits per heavy atom. The van der Waals surface area contributed by atoms with Gasteiger partial charge in [-0.2, -0.15) is 0 Å². The number of thiazole rings is 1. The Bertz CT molecular complexity index is 1040. The first-order valence-electron chi connectivity index (χ1n) is 7.98. The van der Waals surface area contributed by atoms with E-state index in [0.717, 1.165) is 22.0 Å². The van der Waals surface area contributed by atoms with Gasteiger partial charge in [-0.25, -0.2) is 9.97 Å². The molecular weight excluding hydrogens is 346 g/mol. The minimum absolute atomic E-state index is 0.287. The molecule has 1 N–H and O–H groups in total. The quantitative estimate of drug-likeness (QED) is 0.599. The zero-order valence-corrected chi connectivity index (χ0v) is 14.8. The second-order valence-electron chi connectivity index (χ2n) is 5.59. The van der Waals surface area contributed by atoms with Gasteiger partial charge in [-0.15, -0.1) is 0 Å². The van der Waals surface area contributed by atoms with Gasteiger partial charge in [-0.1, -0.05) is 47.7 Å². The van der Waals surface area contributed by atoms with Crippen LogP contribution >= 0.6 is 11.3 Å². The number of imidazole rings is 1. The van der Waals surface area contributed by atoms with E-state index in [0.29, 0.717) is 10.8 Å². The molecule has 1 aromatic carbocycles. The second-order valence-corrected chi connectivity index (χ2v) is 6.59. The van der Waals surface area contributed by atoms with Gasteiger partial charge in [0.05, 0.1) is 10.6 Å². The summed E-state index contributed by atoms with van der Waals surface area (Å²) in [5, 5.41) is 3.35. The Morgan fingerprint density at radius 2 is 1.85 bits per heavy atom. The Balaban J connectivity index is 1.74. The lowest BCUT2D eigenvalue weighted by Gasteiger charge is -2.02. The summed E-state index contributed by atoms with van der Waals surface area (Å²) in [6.07, 6.45) is 5.22. The maximum Gasteiger partial charge on any atom is 0.276 e. The first kappa shape index (κ1) is 16.2. The molecule has 0 aliphatic heterocycles. The molecule has 0 bridgehead atoms. The van der Waals surface area contributed by atoms with Gasteiger partial charge < -0.3 is 4.57 Å². The number of nitrogens with one attached hydrogen (secondary N) is 1. The van der Waals surface area contributed by atoms with Crippen molar-refractivity contribution in [3.63, 3.8) is 0 Å². The summed E-state index contributed by atoms with van der Waals surface area (Å²) in [5.41, 5.74) is 2.11. The average Bonchev–Trinajstić information content (AvgIpc) is 3.29. The molecule has 7 heteroatoms. The van der Waals surface area contributed by atoms with Crippen molar-refractivity contribution >= 4 is 22.4 Å². The van der Waals surface area contributed by atoms with Crippen molar-refractivity contribution in [1.82, 2.24) is 19.5 Å². The van der Waals surface area contributed by atoms with Crippen LogP contribution in [-0.4, -0.2) is 25.4 Å². The zero-order valence-electron chi connectivity index (χ0n) is 14.0. The summed E-state index contributed by atoms with van der Waals surface area (Å²) in [4.78, 5) is 26.5. The molecule has 0 atom stereocenters. The lowest BCUT2D eigenvalue weighted by atomic mass is 10.1. The maximum atomic E-state index is 12.4. The number of aromatic nitrogens is 4. The van der Waals surface area contributed by atoms with Crippen molar-refractivity contribution in [2.75, 3.05) is 5.32 Å². The van der Waals surface area contributed by atoms with E-state index in [1.165, 1.54) is 11.3 Å². The fourth-order valence-electron chi connectivity index (χ4n) is 2.56. The van der Waals surface area contributed by atoms with Crippen molar-refractivity contribution in [2.24, 2.45) is 7.05 Å². The number of aryl methyl sites for hydroxylation is 1. The summed E-state index contributed by atoms with van der Waals surface area (Å²) in [6, 6.07) is 15.1. The number of pyridine rings is 1. The number of rotatable bonds is 4. The number of hydrogen-bond donors (Lipinski definition) is 1. The van der Waals surface area contributed by atoms with Gasteiger partial charge in [0.1, 0.15) is 5.69 Å². The number of amides is 1. The van der Waals surface area contributed by atoms with Crippen LogP contribution in [0, 0.1) is 0 Å². The molecule has 1 amide bonds. The summed E-state index contributed by atoms with van der Waals surface area (Å²) < 4.78 is 1.93. The normalized spacial score (nSPS) is 10.7. The Morgan fingerprint density at radius 3 is 2.54 bits per heavy atom. The SMILES string of the molecule is Cn1ccnc1-c1sc(NC(=O)c2ccccn2)nc1-c1ccccc1. The van der Waals surface area contributed by atoms with Crippen molar-refractivity contribution in [1.29, 1.82) is 0 Å². The van der Waals surface area contributed by atoms with Gasteiger partial charge in [-0.05, 0) is 12.1 Å². The highest BCUT2D eigenvalue weighted by atomic mass is 32.1. The summed E-state index contributed by atoms with van der Waals surface area (Å²) in [5.74, 6) is 0.519. The van der Waals surface area contributed by atoms with Crippen LogP contribution in [0.1, 0.15) is 10.5 Å². The van der Waals surface area contributed by atoms with E-state index in [-0.39, 0.29) is 5.91 Å². The molecular formula is C19H15N5OS. The van der Waals surface area contributed by atoms with E-state index in [1.807, 2.05) is 48.1 Å². The number of anilines is 1. The molecule has 0 aliphatic carbocycles. The molecule has 0 fully saturated rings. The minimum Gasteiger partial charge on any atom is -0.333 e. The molecule has 0 radical (unpaired) electrons. The topological polar surface area (TPSA) is 72.7 Å². The van der Waals surface area contributed by atoms with Crippen LogP contribution in [-0.2, 0) is 7.05 Å². The molecule has 3 aromatic heterocycles. The van der Waals surface area contributed by atoms with E-state index >= 15 is 0 Å². The molecule has 4 aromatic rings. The third-order valence-corrected chi connectivity index (χ3v) is 4.78. The Hall–Kier alpha value is -3.32. The van der Waals surface area contributed by atoms with Crippen LogP contribution in [0.3, 0.4) is 0 Å². The van der Waals surface area contributed by atoms with Gasteiger partial charge in [0.2, 0.25) is 0 Å². The zero-order chi connectivity index (χ0) is 17.9. The third kappa shape index (κ3) is 3.12. The molecule has 0 saturated carbocycles. The first-order chi connectivity index (χ1) is 12.7. The molecule has 26 heavy (non-hydrogen) atoms. The molecule has 128 valence electrons. The number of carbonyl (C=O) groups is 1. The van der Waals surface area contributed by atoms with Crippen LogP contribution in [0.15, 0.2) is 67.1 Å². The smallest absolute Gasteiger partial charge is 0.276 e. The van der Waals surface area contributed by atoms with E-state index < -0.39 is 0 Å². The number of benzene rings is 1. The van der Waals surface area contributed by atoms with Gasteiger partial charge in [0.15, 0.2) is 11.0 Å². The van der Waals surface area contributed by atoms with Gasteiger partial charge >= 0.3 is 0 Å². The lowest BCUT2D eigenvalue weighted by Crippen LogP contribution is -2.13. The molecule has 4 rings (SSSR count). The summed E-state index contributed by atoms with van der Waals surface area (Å²) in [6.45, 7) is 0. The van der Waals surface area contributed by atoms with E-state index in [2.05, 4.69) is 20.3 Å². The van der Waals surface area contributed by atoms with Gasteiger partial charge in [0.25, 0.3) is 5.91 Å².